The van der Waals surface area contributed by atoms with E-state index in [2.05, 4.69) is 15.5 Å². The summed E-state index contributed by atoms with van der Waals surface area (Å²) >= 11 is 1.25. The van der Waals surface area contributed by atoms with Crippen LogP contribution >= 0.6 is 11.8 Å². The van der Waals surface area contributed by atoms with Crippen molar-refractivity contribution in [2.75, 3.05) is 25.4 Å². The molecule has 162 valence electrons. The van der Waals surface area contributed by atoms with Crippen molar-refractivity contribution < 1.29 is 14.0 Å². The van der Waals surface area contributed by atoms with Crippen LogP contribution in [-0.2, 0) is 9.59 Å². The molecule has 9 heteroatoms. The van der Waals surface area contributed by atoms with Crippen LogP contribution in [0.1, 0.15) is 13.8 Å². The van der Waals surface area contributed by atoms with Crippen LogP contribution in [0.15, 0.2) is 59.8 Å². The Balaban J connectivity index is 1.83. The number of rotatable bonds is 9. The third-order valence-electron chi connectivity index (χ3n) is 4.52. The molecule has 0 aliphatic heterocycles. The topological polar surface area (TPSA) is 80.1 Å². The van der Waals surface area contributed by atoms with Crippen molar-refractivity contribution >= 4 is 23.6 Å². The quantitative estimate of drug-likeness (QED) is 0.516. The minimum absolute atomic E-state index is 0.0237. The largest absolute Gasteiger partial charge is 0.355 e. The molecule has 1 aromatic heterocycles. The molecule has 0 aliphatic rings. The number of para-hydroxylation sites is 1. The van der Waals surface area contributed by atoms with Crippen molar-refractivity contribution in [3.05, 3.63) is 60.4 Å². The SMILES string of the molecule is CCNC(=O)CN(CC)C(=O)CSc1nnc(-c2ccc(F)cc2)n1-c1ccccc1. The Kier molecular flexibility index (Phi) is 7.77. The first-order valence-corrected chi connectivity index (χ1v) is 11.0. The van der Waals surface area contributed by atoms with Crippen molar-refractivity contribution in [2.24, 2.45) is 0 Å². The van der Waals surface area contributed by atoms with Gasteiger partial charge in [0.1, 0.15) is 5.82 Å². The fourth-order valence-corrected chi connectivity index (χ4v) is 3.83. The monoisotopic (exact) mass is 441 g/mol. The van der Waals surface area contributed by atoms with Crippen molar-refractivity contribution in [3.63, 3.8) is 0 Å². The van der Waals surface area contributed by atoms with Gasteiger partial charge in [0, 0.05) is 24.3 Å². The molecule has 0 aliphatic carbocycles. The molecule has 1 N–H and O–H groups in total. The second-order valence-corrected chi connectivity index (χ2v) is 7.58. The third-order valence-corrected chi connectivity index (χ3v) is 5.43. The Morgan fingerprint density at radius 1 is 1.06 bits per heavy atom. The van der Waals surface area contributed by atoms with Crippen LogP contribution in [0.2, 0.25) is 0 Å². The summed E-state index contributed by atoms with van der Waals surface area (Å²) in [5.74, 6) is -0.0162. The van der Waals surface area contributed by atoms with Crippen LogP contribution in [0.3, 0.4) is 0 Å². The Morgan fingerprint density at radius 2 is 1.77 bits per heavy atom. The van der Waals surface area contributed by atoms with Crippen molar-refractivity contribution in [3.8, 4) is 17.1 Å². The average Bonchev–Trinajstić information content (AvgIpc) is 3.21. The van der Waals surface area contributed by atoms with Gasteiger partial charge < -0.3 is 10.2 Å². The number of halogens is 1. The van der Waals surface area contributed by atoms with Crippen LogP contribution in [0, 0.1) is 5.82 Å². The van der Waals surface area contributed by atoms with Crippen molar-refractivity contribution in [1.29, 1.82) is 0 Å². The third kappa shape index (κ3) is 5.69. The maximum atomic E-state index is 13.4. The predicted molar refractivity (Wildman–Crippen MR) is 118 cm³/mol. The summed E-state index contributed by atoms with van der Waals surface area (Å²) in [6.45, 7) is 4.65. The fraction of sp³-hybridized carbons (Fsp3) is 0.273. The average molecular weight is 442 g/mol. The number of carbonyl (C=O) groups excluding carboxylic acids is 2. The molecular weight excluding hydrogens is 417 g/mol. The highest BCUT2D eigenvalue weighted by Gasteiger charge is 2.20. The summed E-state index contributed by atoms with van der Waals surface area (Å²) in [6.07, 6.45) is 0. The molecule has 1 heterocycles. The van der Waals surface area contributed by atoms with E-state index in [1.165, 1.54) is 28.8 Å². The summed E-state index contributed by atoms with van der Waals surface area (Å²) in [5, 5.41) is 11.8. The lowest BCUT2D eigenvalue weighted by atomic mass is 10.2. The first-order valence-electron chi connectivity index (χ1n) is 9.97. The highest BCUT2D eigenvalue weighted by molar-refractivity contribution is 7.99. The second-order valence-electron chi connectivity index (χ2n) is 6.63. The summed E-state index contributed by atoms with van der Waals surface area (Å²) < 4.78 is 15.2. The zero-order valence-corrected chi connectivity index (χ0v) is 18.2. The number of thioether (sulfide) groups is 1. The lowest BCUT2D eigenvalue weighted by Gasteiger charge is -2.20. The summed E-state index contributed by atoms with van der Waals surface area (Å²) in [5.41, 5.74) is 1.54. The molecule has 0 bridgehead atoms. The maximum absolute atomic E-state index is 13.4. The Labute approximate surface area is 184 Å². The van der Waals surface area contributed by atoms with Crippen molar-refractivity contribution in [1.82, 2.24) is 25.0 Å². The van der Waals surface area contributed by atoms with E-state index in [9.17, 15) is 14.0 Å². The van der Waals surface area contributed by atoms with Gasteiger partial charge in [-0.05, 0) is 50.2 Å². The molecule has 0 atom stereocenters. The molecule has 3 aromatic rings. The number of aromatic nitrogens is 3. The van der Waals surface area contributed by atoms with E-state index >= 15 is 0 Å². The van der Waals surface area contributed by atoms with Gasteiger partial charge in [-0.15, -0.1) is 10.2 Å². The van der Waals surface area contributed by atoms with Crippen LogP contribution in [0.25, 0.3) is 17.1 Å². The van der Waals surface area contributed by atoms with Gasteiger partial charge in [-0.2, -0.15) is 0 Å². The summed E-state index contributed by atoms with van der Waals surface area (Å²) in [6, 6.07) is 15.6. The summed E-state index contributed by atoms with van der Waals surface area (Å²) in [4.78, 5) is 26.0. The van der Waals surface area contributed by atoms with Gasteiger partial charge >= 0.3 is 0 Å². The molecule has 0 spiro atoms. The number of likely N-dealkylation sites (N-methyl/N-ethyl adjacent to an activating group) is 2. The molecule has 0 saturated heterocycles. The van der Waals surface area contributed by atoms with Crippen LogP contribution < -0.4 is 5.32 Å². The van der Waals surface area contributed by atoms with Gasteiger partial charge in [0.15, 0.2) is 11.0 Å². The van der Waals surface area contributed by atoms with Crippen LogP contribution in [0.5, 0.6) is 0 Å². The molecular formula is C22H24FN5O2S. The molecule has 31 heavy (non-hydrogen) atoms. The molecule has 0 saturated carbocycles. The first kappa shape index (κ1) is 22.5. The predicted octanol–water partition coefficient (Wildman–Crippen LogP) is 3.15. The second kappa shape index (κ2) is 10.7. The molecule has 0 radical (unpaired) electrons. The lowest BCUT2D eigenvalue weighted by Crippen LogP contribution is -2.41. The summed E-state index contributed by atoms with van der Waals surface area (Å²) in [7, 11) is 0. The maximum Gasteiger partial charge on any atom is 0.239 e. The zero-order chi connectivity index (χ0) is 22.2. The number of hydrogen-bond donors (Lipinski definition) is 1. The highest BCUT2D eigenvalue weighted by atomic mass is 32.2. The standard InChI is InChI=1S/C22H24FN5O2S/c1-3-24-19(29)14-27(4-2)20(30)15-31-22-26-25-21(16-10-12-17(23)13-11-16)28(22)18-8-6-5-7-9-18/h5-13H,3-4,14-15H2,1-2H3,(H,24,29). The Hall–Kier alpha value is -3.20. The van der Waals surface area contributed by atoms with E-state index < -0.39 is 0 Å². The van der Waals surface area contributed by atoms with E-state index in [4.69, 9.17) is 0 Å². The molecule has 2 amide bonds. The number of benzene rings is 2. The van der Waals surface area contributed by atoms with E-state index in [1.807, 2.05) is 48.7 Å². The van der Waals surface area contributed by atoms with Crippen molar-refractivity contribution in [2.45, 2.75) is 19.0 Å². The van der Waals surface area contributed by atoms with Gasteiger partial charge in [-0.3, -0.25) is 14.2 Å². The van der Waals surface area contributed by atoms with E-state index in [0.29, 0.717) is 29.6 Å². The van der Waals surface area contributed by atoms with E-state index in [1.54, 1.807) is 12.1 Å². The smallest absolute Gasteiger partial charge is 0.239 e. The van der Waals surface area contributed by atoms with Gasteiger partial charge in [0.05, 0.1) is 12.3 Å². The van der Waals surface area contributed by atoms with E-state index in [0.717, 1.165) is 5.69 Å². The molecule has 7 nitrogen and oxygen atoms in total. The number of hydrogen-bond acceptors (Lipinski definition) is 5. The van der Waals surface area contributed by atoms with E-state index in [-0.39, 0.29) is 29.9 Å². The molecule has 2 aromatic carbocycles. The lowest BCUT2D eigenvalue weighted by molar-refractivity contribution is -0.133. The van der Waals surface area contributed by atoms with Gasteiger partial charge in [0.2, 0.25) is 11.8 Å². The normalized spacial score (nSPS) is 10.7. The zero-order valence-electron chi connectivity index (χ0n) is 17.4. The minimum Gasteiger partial charge on any atom is -0.355 e. The first-order chi connectivity index (χ1) is 15.0. The Bertz CT molecular complexity index is 1020. The molecule has 0 fully saturated rings. The molecule has 3 rings (SSSR count). The Morgan fingerprint density at radius 3 is 2.42 bits per heavy atom. The van der Waals surface area contributed by atoms with Crippen LogP contribution in [-0.4, -0.2) is 56.9 Å². The van der Waals surface area contributed by atoms with Gasteiger partial charge in [0.25, 0.3) is 0 Å². The number of nitrogens with zero attached hydrogens (tertiary/aromatic N) is 4. The number of carbonyl (C=O) groups is 2. The number of amides is 2. The van der Waals surface area contributed by atoms with Gasteiger partial charge in [-0.1, -0.05) is 30.0 Å². The fourth-order valence-electron chi connectivity index (χ4n) is 2.98. The number of nitrogens with one attached hydrogen (secondary N) is 1. The highest BCUT2D eigenvalue weighted by Crippen LogP contribution is 2.28. The minimum atomic E-state index is -0.332. The molecule has 0 unspecified atom stereocenters. The van der Waals surface area contributed by atoms with Gasteiger partial charge in [-0.25, -0.2) is 4.39 Å². The van der Waals surface area contributed by atoms with Crippen LogP contribution in [0.4, 0.5) is 4.39 Å².